The average Bonchev–Trinajstić information content (AvgIpc) is 2.93. The summed E-state index contributed by atoms with van der Waals surface area (Å²) in [4.78, 5) is 23.3. The standard InChI is InChI=1S/C24H31ClO4/c1-14(8-7-9-15(2)20-12-21(27)24(5,6)29-20)10-11-18-16(3)22(25)17(4)19(13-26)23(18)28/h9-10,13,20,28H,7-8,11-12H2,1-6H3/b14-10+,15-9+. The number of carbonyl (C=O) groups is 2. The molecule has 0 radical (unpaired) electrons. The molecule has 0 aromatic heterocycles. The number of phenols is 1. The van der Waals surface area contributed by atoms with E-state index in [1.54, 1.807) is 6.92 Å². The summed E-state index contributed by atoms with van der Waals surface area (Å²) in [5.74, 6) is 0.165. The van der Waals surface area contributed by atoms with Crippen LogP contribution in [0.25, 0.3) is 0 Å². The molecule has 1 N–H and O–H groups in total. The predicted octanol–water partition coefficient (Wildman–Crippen LogP) is 5.83. The van der Waals surface area contributed by atoms with Crippen LogP contribution in [0.2, 0.25) is 5.02 Å². The van der Waals surface area contributed by atoms with Crippen molar-refractivity contribution in [2.75, 3.05) is 0 Å². The Balaban J connectivity index is 2.02. The van der Waals surface area contributed by atoms with E-state index < -0.39 is 5.60 Å². The molecular formula is C24H31ClO4. The van der Waals surface area contributed by atoms with Crippen molar-refractivity contribution in [2.24, 2.45) is 0 Å². The van der Waals surface area contributed by atoms with E-state index in [9.17, 15) is 14.7 Å². The lowest BCUT2D eigenvalue weighted by atomic mass is 9.95. The van der Waals surface area contributed by atoms with E-state index in [2.05, 4.69) is 12.2 Å². The minimum absolute atomic E-state index is 0.0184. The fourth-order valence-corrected chi connectivity index (χ4v) is 3.83. The third-order valence-electron chi connectivity index (χ3n) is 5.82. The molecule has 0 saturated carbocycles. The number of benzene rings is 1. The number of halogens is 1. The monoisotopic (exact) mass is 418 g/mol. The van der Waals surface area contributed by atoms with Gasteiger partial charge in [-0.25, -0.2) is 0 Å². The van der Waals surface area contributed by atoms with Crippen LogP contribution < -0.4 is 0 Å². The number of aldehydes is 1. The summed E-state index contributed by atoms with van der Waals surface area (Å²) in [6.07, 6.45) is 7.39. The predicted molar refractivity (Wildman–Crippen MR) is 117 cm³/mol. The maximum Gasteiger partial charge on any atom is 0.167 e. The third kappa shape index (κ3) is 5.18. The molecule has 0 spiro atoms. The molecule has 1 aromatic rings. The highest BCUT2D eigenvalue weighted by Gasteiger charge is 2.40. The minimum atomic E-state index is -0.689. The molecule has 0 aliphatic carbocycles. The van der Waals surface area contributed by atoms with E-state index in [0.29, 0.717) is 35.3 Å². The number of rotatable bonds is 7. The second-order valence-corrected chi connectivity index (χ2v) is 8.79. The molecule has 5 heteroatoms. The van der Waals surface area contributed by atoms with Gasteiger partial charge in [0.25, 0.3) is 0 Å². The fourth-order valence-electron chi connectivity index (χ4n) is 3.61. The molecule has 1 heterocycles. The van der Waals surface area contributed by atoms with E-state index in [0.717, 1.165) is 24.0 Å². The molecule has 29 heavy (non-hydrogen) atoms. The highest BCUT2D eigenvalue weighted by atomic mass is 35.5. The van der Waals surface area contributed by atoms with Crippen LogP contribution in [-0.4, -0.2) is 28.9 Å². The number of hydrogen-bond donors (Lipinski definition) is 1. The molecule has 1 aliphatic rings. The van der Waals surface area contributed by atoms with Crippen molar-refractivity contribution < 1.29 is 19.4 Å². The van der Waals surface area contributed by atoms with Crippen molar-refractivity contribution in [1.29, 1.82) is 0 Å². The second-order valence-electron chi connectivity index (χ2n) is 8.41. The molecule has 1 fully saturated rings. The van der Waals surface area contributed by atoms with Crippen molar-refractivity contribution in [3.05, 3.63) is 50.6 Å². The highest BCUT2D eigenvalue weighted by molar-refractivity contribution is 6.32. The van der Waals surface area contributed by atoms with Crippen molar-refractivity contribution in [2.45, 2.75) is 78.9 Å². The van der Waals surface area contributed by atoms with Crippen LogP contribution >= 0.6 is 11.6 Å². The van der Waals surface area contributed by atoms with Gasteiger partial charge in [-0.15, -0.1) is 0 Å². The second kappa shape index (κ2) is 9.27. The molecule has 1 aliphatic heterocycles. The molecule has 4 nitrogen and oxygen atoms in total. The Labute approximate surface area is 178 Å². The Kier molecular flexibility index (Phi) is 7.47. The zero-order chi connectivity index (χ0) is 21.9. The number of ether oxygens (including phenoxy) is 1. The Morgan fingerprint density at radius 1 is 1.24 bits per heavy atom. The van der Waals surface area contributed by atoms with Gasteiger partial charge in [0.1, 0.15) is 11.4 Å². The van der Waals surface area contributed by atoms with Gasteiger partial charge in [-0.3, -0.25) is 9.59 Å². The van der Waals surface area contributed by atoms with Crippen LogP contribution in [0.1, 0.15) is 74.0 Å². The molecule has 1 aromatic carbocycles. The molecule has 1 saturated heterocycles. The number of allylic oxidation sites excluding steroid dienone is 3. The van der Waals surface area contributed by atoms with E-state index in [-0.39, 0.29) is 23.2 Å². The average molecular weight is 419 g/mol. The fraction of sp³-hybridized carbons (Fsp3) is 0.500. The molecular weight excluding hydrogens is 388 g/mol. The molecule has 0 bridgehead atoms. The summed E-state index contributed by atoms with van der Waals surface area (Å²) in [5.41, 5.74) is 3.94. The van der Waals surface area contributed by atoms with Gasteiger partial charge >= 0.3 is 0 Å². The Bertz CT molecular complexity index is 878. The van der Waals surface area contributed by atoms with E-state index in [1.165, 1.54) is 5.57 Å². The van der Waals surface area contributed by atoms with Gasteiger partial charge in [-0.05, 0) is 77.5 Å². The SMILES string of the molecule is C/C(=C\Cc1c(C)c(Cl)c(C)c(C=O)c1O)CC/C=C(\C)C1CC(=O)C(C)(C)O1. The summed E-state index contributed by atoms with van der Waals surface area (Å²) in [7, 11) is 0. The number of phenolic OH excluding ortho intramolecular Hbond substituents is 1. The van der Waals surface area contributed by atoms with Gasteiger partial charge in [-0.2, -0.15) is 0 Å². The molecule has 0 amide bonds. The van der Waals surface area contributed by atoms with E-state index in [4.69, 9.17) is 16.3 Å². The summed E-state index contributed by atoms with van der Waals surface area (Å²) >= 11 is 6.33. The van der Waals surface area contributed by atoms with E-state index in [1.807, 2.05) is 34.6 Å². The van der Waals surface area contributed by atoms with Gasteiger partial charge in [-0.1, -0.05) is 29.3 Å². The van der Waals surface area contributed by atoms with Gasteiger partial charge in [0, 0.05) is 17.0 Å². The van der Waals surface area contributed by atoms with Gasteiger partial charge < -0.3 is 9.84 Å². The van der Waals surface area contributed by atoms with Gasteiger partial charge in [0.05, 0.1) is 11.7 Å². The zero-order valence-corrected chi connectivity index (χ0v) is 18.9. The summed E-state index contributed by atoms with van der Waals surface area (Å²) in [6.45, 7) is 11.3. The summed E-state index contributed by atoms with van der Waals surface area (Å²) < 4.78 is 5.85. The lowest BCUT2D eigenvalue weighted by molar-refractivity contribution is -0.129. The van der Waals surface area contributed by atoms with Crippen molar-refractivity contribution in [3.63, 3.8) is 0 Å². The zero-order valence-electron chi connectivity index (χ0n) is 18.2. The number of hydrogen-bond acceptors (Lipinski definition) is 4. The van der Waals surface area contributed by atoms with E-state index >= 15 is 0 Å². The highest BCUT2D eigenvalue weighted by Crippen LogP contribution is 2.35. The first kappa shape index (κ1) is 23.4. The van der Waals surface area contributed by atoms with Crippen LogP contribution in [0.15, 0.2) is 23.3 Å². The van der Waals surface area contributed by atoms with Crippen molar-refractivity contribution >= 4 is 23.7 Å². The maximum absolute atomic E-state index is 11.9. The third-order valence-corrected chi connectivity index (χ3v) is 6.39. The topological polar surface area (TPSA) is 63.6 Å². The van der Waals surface area contributed by atoms with Crippen LogP contribution in [0, 0.1) is 13.8 Å². The van der Waals surface area contributed by atoms with Gasteiger partial charge in [0.15, 0.2) is 12.1 Å². The summed E-state index contributed by atoms with van der Waals surface area (Å²) in [5, 5.41) is 11.0. The summed E-state index contributed by atoms with van der Waals surface area (Å²) in [6, 6.07) is 0. The number of carbonyl (C=O) groups excluding carboxylic acids is 2. The van der Waals surface area contributed by atoms with Crippen LogP contribution in [0.4, 0.5) is 0 Å². The van der Waals surface area contributed by atoms with Crippen molar-refractivity contribution in [1.82, 2.24) is 0 Å². The molecule has 1 unspecified atom stereocenters. The first-order valence-corrected chi connectivity index (χ1v) is 10.4. The number of ketones is 1. The smallest absolute Gasteiger partial charge is 0.167 e. The number of aromatic hydroxyl groups is 1. The van der Waals surface area contributed by atoms with Crippen LogP contribution in [0.5, 0.6) is 5.75 Å². The molecule has 2 rings (SSSR count). The Hall–Kier alpha value is -1.91. The lowest BCUT2D eigenvalue weighted by Crippen LogP contribution is -2.27. The lowest BCUT2D eigenvalue weighted by Gasteiger charge is -2.18. The Morgan fingerprint density at radius 3 is 2.45 bits per heavy atom. The van der Waals surface area contributed by atoms with Crippen LogP contribution in [-0.2, 0) is 16.0 Å². The van der Waals surface area contributed by atoms with Gasteiger partial charge in [0.2, 0.25) is 0 Å². The molecule has 158 valence electrons. The van der Waals surface area contributed by atoms with Crippen LogP contribution in [0.3, 0.4) is 0 Å². The first-order chi connectivity index (χ1) is 13.5. The number of Topliss-reactive ketones (excluding diaryl/α,β-unsaturated/α-hetero) is 1. The minimum Gasteiger partial charge on any atom is -0.507 e. The maximum atomic E-state index is 11.9. The quantitative estimate of drug-likeness (QED) is 0.447. The first-order valence-electron chi connectivity index (χ1n) is 9.98. The Morgan fingerprint density at radius 2 is 1.90 bits per heavy atom. The van der Waals surface area contributed by atoms with Crippen molar-refractivity contribution in [3.8, 4) is 5.75 Å². The molecule has 1 atom stereocenters. The normalized spacial score (nSPS) is 19.7. The largest absolute Gasteiger partial charge is 0.507 e.